The average Bonchev–Trinajstić information content (AvgIpc) is 3.51. The van der Waals surface area contributed by atoms with Crippen LogP contribution in [0.5, 0.6) is 0 Å². The van der Waals surface area contributed by atoms with Crippen molar-refractivity contribution >= 4 is 0 Å². The molecule has 0 radical (unpaired) electrons. The minimum atomic E-state index is 0.176. The number of nitrogens with one attached hydrogen (secondary N) is 2. The first kappa shape index (κ1) is 16.6. The van der Waals surface area contributed by atoms with Crippen molar-refractivity contribution in [1.29, 1.82) is 0 Å². The number of ether oxygens (including phenoxy) is 1. The molecule has 3 aliphatic rings. The molecule has 3 nitrogen and oxygen atoms in total. The summed E-state index contributed by atoms with van der Waals surface area (Å²) in [5.74, 6) is 1.92. The van der Waals surface area contributed by atoms with Gasteiger partial charge in [0.2, 0.25) is 0 Å². The van der Waals surface area contributed by atoms with Gasteiger partial charge in [-0.05, 0) is 62.8 Å². The molecule has 1 aromatic carbocycles. The van der Waals surface area contributed by atoms with Crippen molar-refractivity contribution in [2.75, 3.05) is 19.8 Å². The van der Waals surface area contributed by atoms with Crippen molar-refractivity contribution in [2.45, 2.75) is 63.1 Å². The molecule has 2 N–H and O–H groups in total. The zero-order valence-corrected chi connectivity index (χ0v) is 15.0. The Kier molecular flexibility index (Phi) is 4.93. The van der Waals surface area contributed by atoms with Gasteiger partial charge in [-0.2, -0.15) is 0 Å². The van der Waals surface area contributed by atoms with E-state index in [4.69, 9.17) is 4.74 Å². The van der Waals surface area contributed by atoms with Crippen molar-refractivity contribution < 1.29 is 4.74 Å². The maximum atomic E-state index is 5.67. The predicted octanol–water partition coefficient (Wildman–Crippen LogP) is 3.66. The molecule has 0 bridgehead atoms. The third-order valence-corrected chi connectivity index (χ3v) is 6.21. The largest absolute Gasteiger partial charge is 0.381 e. The summed E-state index contributed by atoms with van der Waals surface area (Å²) in [5.41, 5.74) is 1.56. The Balaban J connectivity index is 1.41. The van der Waals surface area contributed by atoms with Crippen molar-refractivity contribution in [3.8, 4) is 0 Å². The molecule has 0 aromatic heterocycles. The first-order valence-electron chi connectivity index (χ1n) is 9.90. The number of hydrogen-bond acceptors (Lipinski definition) is 3. The van der Waals surface area contributed by atoms with Crippen LogP contribution in [0.4, 0.5) is 0 Å². The fraction of sp³-hybridized carbons (Fsp3) is 0.714. The monoisotopic (exact) mass is 328 g/mol. The average molecular weight is 328 g/mol. The molecule has 2 saturated carbocycles. The lowest BCUT2D eigenvalue weighted by Gasteiger charge is -2.42. The maximum Gasteiger partial charge on any atom is 0.0484 e. The zero-order valence-electron chi connectivity index (χ0n) is 15.0. The zero-order chi connectivity index (χ0) is 16.4. The molecule has 4 rings (SSSR count). The van der Waals surface area contributed by atoms with E-state index >= 15 is 0 Å². The van der Waals surface area contributed by atoms with Gasteiger partial charge in [-0.3, -0.25) is 0 Å². The van der Waals surface area contributed by atoms with Crippen LogP contribution in [0.2, 0.25) is 0 Å². The molecule has 1 unspecified atom stereocenters. The summed E-state index contributed by atoms with van der Waals surface area (Å²) in [5, 5.41) is 7.97. The van der Waals surface area contributed by atoms with Crippen LogP contribution in [0.1, 0.15) is 57.1 Å². The van der Waals surface area contributed by atoms with Gasteiger partial charge < -0.3 is 15.4 Å². The van der Waals surface area contributed by atoms with E-state index < -0.39 is 0 Å². The van der Waals surface area contributed by atoms with Crippen LogP contribution in [-0.4, -0.2) is 31.3 Å². The summed E-state index contributed by atoms with van der Waals surface area (Å²) < 4.78 is 5.67. The number of rotatable bonds is 8. The molecular formula is C21H32N2O. The second kappa shape index (κ2) is 7.15. The molecule has 2 aliphatic carbocycles. The van der Waals surface area contributed by atoms with Crippen LogP contribution >= 0.6 is 0 Å². The van der Waals surface area contributed by atoms with Gasteiger partial charge in [0.05, 0.1) is 0 Å². The first-order valence-corrected chi connectivity index (χ1v) is 9.90. The van der Waals surface area contributed by atoms with E-state index in [-0.39, 0.29) is 5.54 Å². The molecular weight excluding hydrogens is 296 g/mol. The third kappa shape index (κ3) is 4.01. The quantitative estimate of drug-likeness (QED) is 0.764. The molecule has 0 spiro atoms. The van der Waals surface area contributed by atoms with Gasteiger partial charge >= 0.3 is 0 Å². The molecule has 1 aliphatic heterocycles. The molecule has 24 heavy (non-hydrogen) atoms. The van der Waals surface area contributed by atoms with Gasteiger partial charge in [0.25, 0.3) is 0 Å². The van der Waals surface area contributed by atoms with Crippen LogP contribution < -0.4 is 10.6 Å². The molecule has 1 heterocycles. The van der Waals surface area contributed by atoms with Gasteiger partial charge in [-0.15, -0.1) is 0 Å². The van der Waals surface area contributed by atoms with E-state index in [1.54, 1.807) is 0 Å². The van der Waals surface area contributed by atoms with Gasteiger partial charge in [0, 0.05) is 37.4 Å². The highest BCUT2D eigenvalue weighted by molar-refractivity contribution is 5.19. The van der Waals surface area contributed by atoms with Crippen molar-refractivity contribution in [3.63, 3.8) is 0 Å². The second-order valence-corrected chi connectivity index (χ2v) is 8.25. The van der Waals surface area contributed by atoms with Crippen LogP contribution in [0.3, 0.4) is 0 Å². The van der Waals surface area contributed by atoms with Crippen molar-refractivity contribution in [2.24, 2.45) is 11.8 Å². The number of hydrogen-bond donors (Lipinski definition) is 2. The summed E-state index contributed by atoms with van der Waals surface area (Å²) in [6.45, 7) is 5.15. The molecule has 3 heteroatoms. The van der Waals surface area contributed by atoms with E-state index in [9.17, 15) is 0 Å². The third-order valence-electron chi connectivity index (χ3n) is 6.21. The minimum absolute atomic E-state index is 0.176. The molecule has 1 aromatic rings. The van der Waals surface area contributed by atoms with Crippen molar-refractivity contribution in [3.05, 3.63) is 35.9 Å². The first-order chi connectivity index (χ1) is 11.8. The predicted molar refractivity (Wildman–Crippen MR) is 98.0 cm³/mol. The van der Waals surface area contributed by atoms with Gasteiger partial charge in [0.15, 0.2) is 0 Å². The van der Waals surface area contributed by atoms with E-state index in [0.29, 0.717) is 6.04 Å². The highest BCUT2D eigenvalue weighted by atomic mass is 16.5. The molecule has 1 atom stereocenters. The topological polar surface area (TPSA) is 33.3 Å². The number of benzene rings is 1. The highest BCUT2D eigenvalue weighted by Crippen LogP contribution is 2.44. The normalized spacial score (nSPS) is 24.9. The highest BCUT2D eigenvalue weighted by Gasteiger charge is 2.43. The Hall–Kier alpha value is -0.900. The van der Waals surface area contributed by atoms with E-state index in [1.165, 1.54) is 31.2 Å². The standard InChI is InChI=1S/C21H32N2O/c1-16(17-5-3-2-4-6-17)23-21(11-13-24-14-12-21)15-22-20(18-7-8-18)19-9-10-19/h2-6,16,18-20,22-23H,7-15H2,1H3. The van der Waals surface area contributed by atoms with Crippen LogP contribution in [0.25, 0.3) is 0 Å². The summed E-state index contributed by atoms with van der Waals surface area (Å²) in [6, 6.07) is 12.0. The summed E-state index contributed by atoms with van der Waals surface area (Å²) >= 11 is 0. The lowest BCUT2D eigenvalue weighted by Crippen LogP contribution is -2.58. The Morgan fingerprint density at radius 2 is 1.67 bits per heavy atom. The molecule has 3 fully saturated rings. The Morgan fingerprint density at radius 1 is 1.04 bits per heavy atom. The van der Waals surface area contributed by atoms with Crippen molar-refractivity contribution in [1.82, 2.24) is 10.6 Å². The van der Waals surface area contributed by atoms with Gasteiger partial charge in [-0.25, -0.2) is 0 Å². The van der Waals surface area contributed by atoms with E-state index in [0.717, 1.165) is 50.5 Å². The Morgan fingerprint density at radius 3 is 2.25 bits per heavy atom. The molecule has 0 amide bonds. The summed E-state index contributed by atoms with van der Waals surface area (Å²) in [4.78, 5) is 0. The smallest absolute Gasteiger partial charge is 0.0484 e. The van der Waals surface area contributed by atoms with Gasteiger partial charge in [0.1, 0.15) is 0 Å². The SMILES string of the molecule is CC(NC1(CNC(C2CC2)C2CC2)CCOCC1)c1ccccc1. The van der Waals surface area contributed by atoms with Crippen LogP contribution in [0.15, 0.2) is 30.3 Å². The molecule has 132 valence electrons. The lowest BCUT2D eigenvalue weighted by atomic mass is 9.87. The minimum Gasteiger partial charge on any atom is -0.381 e. The van der Waals surface area contributed by atoms with Crippen LogP contribution in [-0.2, 0) is 4.74 Å². The fourth-order valence-electron chi connectivity index (χ4n) is 4.36. The second-order valence-electron chi connectivity index (χ2n) is 8.25. The van der Waals surface area contributed by atoms with Crippen LogP contribution in [0, 0.1) is 11.8 Å². The Bertz CT molecular complexity index is 506. The summed E-state index contributed by atoms with van der Waals surface area (Å²) in [7, 11) is 0. The Labute approximate surface area is 146 Å². The van der Waals surface area contributed by atoms with Gasteiger partial charge in [-0.1, -0.05) is 30.3 Å². The van der Waals surface area contributed by atoms with E-state index in [2.05, 4.69) is 47.9 Å². The molecule has 1 saturated heterocycles. The maximum absolute atomic E-state index is 5.67. The summed E-state index contributed by atoms with van der Waals surface area (Å²) in [6.07, 6.45) is 7.99. The van der Waals surface area contributed by atoms with E-state index in [1.807, 2.05) is 0 Å². The lowest BCUT2D eigenvalue weighted by molar-refractivity contribution is 0.0320. The fourth-order valence-corrected chi connectivity index (χ4v) is 4.36.